The first-order chi connectivity index (χ1) is 12.6. The molecule has 2 aromatic carbocycles. The van der Waals surface area contributed by atoms with E-state index in [-0.39, 0.29) is 0 Å². The van der Waals surface area contributed by atoms with Gasteiger partial charge in [-0.25, -0.2) is 0 Å². The third-order valence-electron chi connectivity index (χ3n) is 5.11. The second-order valence-corrected chi connectivity index (χ2v) is 6.98. The molecule has 4 nitrogen and oxygen atoms in total. The largest absolute Gasteiger partial charge is 0.497 e. The van der Waals surface area contributed by atoms with Gasteiger partial charge in [0, 0.05) is 54.7 Å². The minimum Gasteiger partial charge on any atom is -0.497 e. The molecular weight excluding hydrogens is 322 g/mol. The minimum atomic E-state index is 0.853. The number of pyridine rings is 1. The van der Waals surface area contributed by atoms with Crippen LogP contribution in [0.25, 0.3) is 10.9 Å². The maximum Gasteiger partial charge on any atom is 0.121 e. The first-order valence-corrected chi connectivity index (χ1v) is 9.16. The molecule has 0 saturated carbocycles. The Kier molecular flexibility index (Phi) is 4.41. The predicted octanol–water partition coefficient (Wildman–Crippen LogP) is 4.19. The molecule has 1 aliphatic rings. The molecule has 4 rings (SSSR count). The van der Waals surface area contributed by atoms with Crippen molar-refractivity contribution >= 4 is 22.3 Å². The van der Waals surface area contributed by atoms with Crippen LogP contribution in [0.4, 0.5) is 11.4 Å². The molecule has 3 aromatic rings. The molecule has 4 heteroatoms. The van der Waals surface area contributed by atoms with Gasteiger partial charge in [0.25, 0.3) is 0 Å². The number of rotatable bonds is 3. The van der Waals surface area contributed by atoms with E-state index in [2.05, 4.69) is 60.0 Å². The Morgan fingerprint density at radius 1 is 0.885 bits per heavy atom. The zero-order valence-electron chi connectivity index (χ0n) is 15.7. The number of ether oxygens (including phenoxy) is 1. The van der Waals surface area contributed by atoms with Crippen molar-refractivity contribution in [3.05, 3.63) is 59.8 Å². The summed E-state index contributed by atoms with van der Waals surface area (Å²) in [6, 6.07) is 17.2. The maximum atomic E-state index is 5.36. The SMILES string of the molecule is COc1ccc2c(N3CCN(c4cccc(C)c4)CC3)cc(C)nc2c1. The Hall–Kier alpha value is -2.75. The van der Waals surface area contributed by atoms with Crippen molar-refractivity contribution in [2.24, 2.45) is 0 Å². The zero-order chi connectivity index (χ0) is 18.1. The standard InChI is InChI=1S/C22H25N3O/c1-16-5-4-6-18(13-16)24-9-11-25(12-10-24)22-14-17(2)23-21-15-19(26-3)7-8-20(21)22/h4-8,13-15H,9-12H2,1-3H3. The smallest absolute Gasteiger partial charge is 0.121 e. The topological polar surface area (TPSA) is 28.6 Å². The third-order valence-corrected chi connectivity index (χ3v) is 5.11. The lowest BCUT2D eigenvalue weighted by Gasteiger charge is -2.38. The van der Waals surface area contributed by atoms with Crippen LogP contribution in [0.1, 0.15) is 11.3 Å². The molecule has 1 aromatic heterocycles. The van der Waals surface area contributed by atoms with Crippen LogP contribution in [0, 0.1) is 13.8 Å². The van der Waals surface area contributed by atoms with E-state index in [9.17, 15) is 0 Å². The number of anilines is 2. The highest BCUT2D eigenvalue weighted by Gasteiger charge is 2.20. The fourth-order valence-corrected chi connectivity index (χ4v) is 3.74. The van der Waals surface area contributed by atoms with E-state index in [1.807, 2.05) is 12.1 Å². The van der Waals surface area contributed by atoms with Crippen molar-refractivity contribution in [1.29, 1.82) is 0 Å². The molecule has 0 amide bonds. The van der Waals surface area contributed by atoms with Crippen LogP contribution >= 0.6 is 0 Å². The van der Waals surface area contributed by atoms with Crippen LogP contribution in [-0.2, 0) is 0 Å². The number of benzene rings is 2. The molecule has 26 heavy (non-hydrogen) atoms. The normalized spacial score (nSPS) is 14.7. The number of aromatic nitrogens is 1. The number of methoxy groups -OCH3 is 1. The molecule has 0 atom stereocenters. The van der Waals surface area contributed by atoms with Crippen molar-refractivity contribution < 1.29 is 4.74 Å². The van der Waals surface area contributed by atoms with Gasteiger partial charge in [0.2, 0.25) is 0 Å². The van der Waals surface area contributed by atoms with Crippen molar-refractivity contribution in [1.82, 2.24) is 4.98 Å². The summed E-state index contributed by atoms with van der Waals surface area (Å²) in [5.74, 6) is 0.853. The fraction of sp³-hybridized carbons (Fsp3) is 0.318. The van der Waals surface area contributed by atoms with Gasteiger partial charge < -0.3 is 14.5 Å². The molecule has 2 heterocycles. The minimum absolute atomic E-state index is 0.853. The van der Waals surface area contributed by atoms with Gasteiger partial charge in [-0.3, -0.25) is 4.98 Å². The number of hydrogen-bond donors (Lipinski definition) is 0. The number of fused-ring (bicyclic) bond motifs is 1. The first-order valence-electron chi connectivity index (χ1n) is 9.16. The highest BCUT2D eigenvalue weighted by Crippen LogP contribution is 2.30. The summed E-state index contributed by atoms with van der Waals surface area (Å²) in [4.78, 5) is 9.65. The van der Waals surface area contributed by atoms with Crippen molar-refractivity contribution in [2.75, 3.05) is 43.1 Å². The van der Waals surface area contributed by atoms with Gasteiger partial charge in [-0.05, 0) is 49.7 Å². The van der Waals surface area contributed by atoms with Gasteiger partial charge in [-0.2, -0.15) is 0 Å². The number of piperazine rings is 1. The van der Waals surface area contributed by atoms with Crippen LogP contribution in [0.15, 0.2) is 48.5 Å². The number of nitrogens with zero attached hydrogens (tertiary/aromatic N) is 3. The molecule has 134 valence electrons. The Labute approximate surface area is 155 Å². The molecule has 1 saturated heterocycles. The Morgan fingerprint density at radius 3 is 2.38 bits per heavy atom. The highest BCUT2D eigenvalue weighted by molar-refractivity contribution is 5.93. The van der Waals surface area contributed by atoms with Gasteiger partial charge >= 0.3 is 0 Å². The van der Waals surface area contributed by atoms with E-state index in [0.717, 1.165) is 43.1 Å². The van der Waals surface area contributed by atoms with Crippen molar-refractivity contribution in [2.45, 2.75) is 13.8 Å². The summed E-state index contributed by atoms with van der Waals surface area (Å²) < 4.78 is 5.36. The van der Waals surface area contributed by atoms with Crippen LogP contribution < -0.4 is 14.5 Å². The average Bonchev–Trinajstić information content (AvgIpc) is 2.67. The van der Waals surface area contributed by atoms with E-state index >= 15 is 0 Å². The van der Waals surface area contributed by atoms with Gasteiger partial charge in [0.05, 0.1) is 12.6 Å². The molecule has 0 aliphatic carbocycles. The maximum absolute atomic E-state index is 5.36. The van der Waals surface area contributed by atoms with Crippen LogP contribution in [-0.4, -0.2) is 38.3 Å². The van der Waals surface area contributed by atoms with Crippen LogP contribution in [0.3, 0.4) is 0 Å². The lowest BCUT2D eigenvalue weighted by Crippen LogP contribution is -2.46. The summed E-state index contributed by atoms with van der Waals surface area (Å²) >= 11 is 0. The van der Waals surface area contributed by atoms with E-state index in [4.69, 9.17) is 9.72 Å². The Bertz CT molecular complexity index is 930. The predicted molar refractivity (Wildman–Crippen MR) is 109 cm³/mol. The van der Waals surface area contributed by atoms with E-state index in [0.29, 0.717) is 0 Å². The molecule has 0 spiro atoms. The van der Waals surface area contributed by atoms with E-state index in [1.54, 1.807) is 7.11 Å². The van der Waals surface area contributed by atoms with Gasteiger partial charge in [-0.1, -0.05) is 12.1 Å². The molecule has 0 unspecified atom stereocenters. The van der Waals surface area contributed by atoms with Gasteiger partial charge in [-0.15, -0.1) is 0 Å². The van der Waals surface area contributed by atoms with Gasteiger partial charge in [0.1, 0.15) is 5.75 Å². The number of aryl methyl sites for hydroxylation is 2. The molecule has 0 N–H and O–H groups in total. The summed E-state index contributed by atoms with van der Waals surface area (Å²) in [6.07, 6.45) is 0. The Morgan fingerprint density at radius 2 is 1.65 bits per heavy atom. The molecule has 0 bridgehead atoms. The quantitative estimate of drug-likeness (QED) is 0.710. The number of hydrogen-bond acceptors (Lipinski definition) is 4. The molecule has 0 radical (unpaired) electrons. The van der Waals surface area contributed by atoms with E-state index in [1.165, 1.54) is 22.3 Å². The summed E-state index contributed by atoms with van der Waals surface area (Å²) in [7, 11) is 1.70. The second-order valence-electron chi connectivity index (χ2n) is 6.98. The van der Waals surface area contributed by atoms with Crippen LogP contribution in [0.5, 0.6) is 5.75 Å². The summed E-state index contributed by atoms with van der Waals surface area (Å²) in [5, 5.41) is 1.19. The van der Waals surface area contributed by atoms with Gasteiger partial charge in [0.15, 0.2) is 0 Å². The van der Waals surface area contributed by atoms with Crippen molar-refractivity contribution in [3.63, 3.8) is 0 Å². The molecule has 1 aliphatic heterocycles. The first kappa shape index (κ1) is 16.7. The molecule has 1 fully saturated rings. The fourth-order valence-electron chi connectivity index (χ4n) is 3.74. The van der Waals surface area contributed by atoms with Crippen molar-refractivity contribution in [3.8, 4) is 5.75 Å². The summed E-state index contributed by atoms with van der Waals surface area (Å²) in [6.45, 7) is 8.30. The second kappa shape index (κ2) is 6.87. The average molecular weight is 347 g/mol. The van der Waals surface area contributed by atoms with Crippen LogP contribution in [0.2, 0.25) is 0 Å². The highest BCUT2D eigenvalue weighted by atomic mass is 16.5. The Balaban J connectivity index is 1.59. The summed E-state index contributed by atoms with van der Waals surface area (Å²) in [5.41, 5.74) is 5.96. The third kappa shape index (κ3) is 3.19. The lowest BCUT2D eigenvalue weighted by molar-refractivity contribution is 0.415. The van der Waals surface area contributed by atoms with E-state index < -0.39 is 0 Å². The zero-order valence-corrected chi connectivity index (χ0v) is 15.7. The molecular formula is C22H25N3O. The lowest BCUT2D eigenvalue weighted by atomic mass is 10.1. The monoisotopic (exact) mass is 347 g/mol.